The Hall–Kier alpha value is -1.13. The minimum atomic E-state index is 0.815. The Morgan fingerprint density at radius 2 is 1.94 bits per heavy atom. The molecule has 0 saturated carbocycles. The summed E-state index contributed by atoms with van der Waals surface area (Å²) in [4.78, 5) is 3.64. The average molecular weight is 252 g/mol. The number of benzene rings is 1. The zero-order chi connectivity index (χ0) is 12.7. The number of rotatable bonds is 5. The van der Waals surface area contributed by atoms with Crippen LogP contribution in [0.3, 0.4) is 0 Å². The van der Waals surface area contributed by atoms with Crippen molar-refractivity contribution in [2.75, 3.05) is 34.2 Å². The summed E-state index contributed by atoms with van der Waals surface area (Å²) >= 11 is 5.33. The van der Waals surface area contributed by atoms with E-state index in [1.807, 2.05) is 13.1 Å². The number of quaternary nitrogens is 1. The molecule has 17 heavy (non-hydrogen) atoms. The van der Waals surface area contributed by atoms with E-state index in [-0.39, 0.29) is 0 Å². The third-order valence-corrected chi connectivity index (χ3v) is 3.06. The van der Waals surface area contributed by atoms with Gasteiger partial charge in [-0.25, -0.2) is 0 Å². The lowest BCUT2D eigenvalue weighted by atomic mass is 10.2. The van der Waals surface area contributed by atoms with E-state index in [1.165, 1.54) is 10.5 Å². The quantitative estimate of drug-likeness (QED) is 0.727. The van der Waals surface area contributed by atoms with Gasteiger partial charge in [0.25, 0.3) is 0 Å². The normalized spacial score (nSPS) is 10.4. The molecule has 0 radical (unpaired) electrons. The fourth-order valence-corrected chi connectivity index (χ4v) is 1.73. The topological polar surface area (TPSA) is 19.7 Å². The first-order chi connectivity index (χ1) is 8.13. The Bertz CT molecular complexity index is 338. The maximum Gasteiger partial charge on any atom is 0.169 e. The lowest BCUT2D eigenvalue weighted by molar-refractivity contribution is -0.857. The van der Waals surface area contributed by atoms with Crippen LogP contribution >= 0.6 is 12.2 Å². The predicted octanol–water partition coefficient (Wildman–Crippen LogP) is 0.137. The summed E-state index contributed by atoms with van der Waals surface area (Å²) in [5, 5.41) is 3.87. The molecule has 0 bridgehead atoms. The molecule has 0 fully saturated rings. The first-order valence-corrected chi connectivity index (χ1v) is 6.34. The second-order valence-corrected chi connectivity index (χ2v) is 4.81. The van der Waals surface area contributed by atoms with E-state index in [4.69, 9.17) is 12.2 Å². The number of hydrogen-bond acceptors (Lipinski definition) is 1. The average Bonchev–Trinajstić information content (AvgIpc) is 2.34. The number of nitrogens with one attached hydrogen (secondary N) is 2. The Morgan fingerprint density at radius 3 is 2.47 bits per heavy atom. The van der Waals surface area contributed by atoms with Gasteiger partial charge in [-0.15, -0.1) is 0 Å². The number of likely N-dealkylation sites (N-methyl/N-ethyl adjacent to an activating group) is 1. The van der Waals surface area contributed by atoms with Gasteiger partial charge in [-0.05, 0) is 17.8 Å². The van der Waals surface area contributed by atoms with Crippen molar-refractivity contribution in [3.63, 3.8) is 0 Å². The minimum absolute atomic E-state index is 0.815. The van der Waals surface area contributed by atoms with Crippen LogP contribution in [-0.2, 0) is 6.54 Å². The molecule has 1 aromatic carbocycles. The molecule has 1 rings (SSSR count). The van der Waals surface area contributed by atoms with Crippen molar-refractivity contribution >= 4 is 17.3 Å². The van der Waals surface area contributed by atoms with Crippen molar-refractivity contribution in [2.45, 2.75) is 6.54 Å². The molecule has 1 aromatic rings. The molecule has 0 aliphatic rings. The highest BCUT2D eigenvalue weighted by Crippen LogP contribution is 2.04. The molecule has 0 amide bonds. The molecule has 0 saturated heterocycles. The Labute approximate surface area is 109 Å². The molecule has 0 atom stereocenters. The van der Waals surface area contributed by atoms with Crippen LogP contribution in [0.4, 0.5) is 0 Å². The van der Waals surface area contributed by atoms with Gasteiger partial charge in [0.2, 0.25) is 0 Å². The van der Waals surface area contributed by atoms with Gasteiger partial charge in [0, 0.05) is 13.6 Å². The molecule has 0 heterocycles. The summed E-state index contributed by atoms with van der Waals surface area (Å²) in [6, 6.07) is 10.4. The molecule has 0 aliphatic carbocycles. The highest BCUT2D eigenvalue weighted by Gasteiger charge is 2.10. The van der Waals surface area contributed by atoms with Crippen molar-refractivity contribution in [2.24, 2.45) is 0 Å². The van der Waals surface area contributed by atoms with Gasteiger partial charge < -0.3 is 15.1 Å². The van der Waals surface area contributed by atoms with E-state index in [2.05, 4.69) is 48.6 Å². The molecule has 0 unspecified atom stereocenters. The van der Waals surface area contributed by atoms with E-state index in [0.29, 0.717) is 0 Å². The van der Waals surface area contributed by atoms with Gasteiger partial charge in [-0.2, -0.15) is 0 Å². The summed E-state index contributed by atoms with van der Waals surface area (Å²) in [5.74, 6) is 0. The molecule has 0 aromatic heterocycles. The summed E-state index contributed by atoms with van der Waals surface area (Å²) in [6.07, 6.45) is 0. The van der Waals surface area contributed by atoms with Crippen LogP contribution in [0.25, 0.3) is 0 Å². The summed E-state index contributed by atoms with van der Waals surface area (Å²) in [5.41, 5.74) is 1.29. The lowest BCUT2D eigenvalue weighted by Crippen LogP contribution is -3.06. The van der Waals surface area contributed by atoms with Gasteiger partial charge >= 0.3 is 0 Å². The summed E-state index contributed by atoms with van der Waals surface area (Å²) in [6.45, 7) is 2.92. The number of hydrogen-bond donors (Lipinski definition) is 2. The van der Waals surface area contributed by atoms with Crippen LogP contribution in [0, 0.1) is 0 Å². The van der Waals surface area contributed by atoms with E-state index in [9.17, 15) is 0 Å². The van der Waals surface area contributed by atoms with E-state index in [1.54, 1.807) is 0 Å². The molecule has 4 heteroatoms. The fourth-order valence-electron chi connectivity index (χ4n) is 1.57. The smallest absolute Gasteiger partial charge is 0.169 e. The molecular formula is C13H22N3S+. The van der Waals surface area contributed by atoms with Gasteiger partial charge in [-0.1, -0.05) is 30.3 Å². The van der Waals surface area contributed by atoms with Crippen molar-refractivity contribution in [1.82, 2.24) is 10.2 Å². The van der Waals surface area contributed by atoms with Gasteiger partial charge in [-0.3, -0.25) is 0 Å². The zero-order valence-electron chi connectivity index (χ0n) is 10.9. The van der Waals surface area contributed by atoms with Gasteiger partial charge in [0.05, 0.1) is 27.2 Å². The summed E-state index contributed by atoms with van der Waals surface area (Å²) in [7, 11) is 6.19. The Kier molecular flexibility index (Phi) is 5.94. The van der Waals surface area contributed by atoms with Crippen molar-refractivity contribution in [3.8, 4) is 0 Å². The van der Waals surface area contributed by atoms with E-state index < -0.39 is 0 Å². The largest absolute Gasteiger partial charge is 0.366 e. The van der Waals surface area contributed by atoms with Crippen molar-refractivity contribution < 1.29 is 4.90 Å². The second kappa shape index (κ2) is 7.25. The minimum Gasteiger partial charge on any atom is -0.366 e. The van der Waals surface area contributed by atoms with Crippen molar-refractivity contribution in [3.05, 3.63) is 35.9 Å². The van der Waals surface area contributed by atoms with E-state index >= 15 is 0 Å². The molecular weight excluding hydrogens is 230 g/mol. The van der Waals surface area contributed by atoms with Crippen LogP contribution < -0.4 is 10.2 Å². The third-order valence-electron chi connectivity index (χ3n) is 2.60. The molecule has 94 valence electrons. The molecule has 3 nitrogen and oxygen atoms in total. The van der Waals surface area contributed by atoms with Crippen LogP contribution in [0.2, 0.25) is 0 Å². The summed E-state index contributed by atoms with van der Waals surface area (Å²) < 4.78 is 0. The van der Waals surface area contributed by atoms with Crippen molar-refractivity contribution in [1.29, 1.82) is 0 Å². The van der Waals surface area contributed by atoms with Crippen LogP contribution in [0.5, 0.6) is 0 Å². The van der Waals surface area contributed by atoms with Crippen LogP contribution in [0.15, 0.2) is 30.3 Å². The maximum absolute atomic E-state index is 5.33. The first kappa shape index (κ1) is 13.9. The monoisotopic (exact) mass is 252 g/mol. The van der Waals surface area contributed by atoms with Crippen LogP contribution in [-0.4, -0.2) is 44.2 Å². The lowest BCUT2D eigenvalue weighted by Gasteiger charge is -2.25. The second-order valence-electron chi connectivity index (χ2n) is 4.42. The van der Waals surface area contributed by atoms with Crippen LogP contribution in [0.1, 0.15) is 5.56 Å². The standard InChI is InChI=1S/C13H21N3S/c1-14-13(17)16(10-9-15(2)3)11-12-7-5-4-6-8-12/h4-8H,9-11H2,1-3H3,(H,14,17)/p+1. The SMILES string of the molecule is CNC(=S)N(CC[NH+](C)C)Cc1ccccc1. The number of nitrogens with zero attached hydrogens (tertiary/aromatic N) is 1. The van der Waals surface area contributed by atoms with E-state index in [0.717, 1.165) is 24.7 Å². The molecule has 2 N–H and O–H groups in total. The fraction of sp³-hybridized carbons (Fsp3) is 0.462. The molecule has 0 spiro atoms. The maximum atomic E-state index is 5.33. The highest BCUT2D eigenvalue weighted by molar-refractivity contribution is 7.80. The Balaban J connectivity index is 2.60. The first-order valence-electron chi connectivity index (χ1n) is 5.93. The van der Waals surface area contributed by atoms with Gasteiger partial charge in [0.15, 0.2) is 5.11 Å². The number of thiocarbonyl (C=S) groups is 1. The highest BCUT2D eigenvalue weighted by atomic mass is 32.1. The zero-order valence-corrected chi connectivity index (χ0v) is 11.7. The Morgan fingerprint density at radius 1 is 1.29 bits per heavy atom. The third kappa shape index (κ3) is 5.15. The molecule has 0 aliphatic heterocycles. The predicted molar refractivity (Wildman–Crippen MR) is 76.2 cm³/mol. The van der Waals surface area contributed by atoms with Gasteiger partial charge in [0.1, 0.15) is 0 Å².